The molecule has 25 heavy (non-hydrogen) atoms. The third-order valence-corrected chi connectivity index (χ3v) is 7.28. The zero-order valence-corrected chi connectivity index (χ0v) is 15.1. The van der Waals surface area contributed by atoms with Gasteiger partial charge in [-0.05, 0) is 43.9 Å². The first-order chi connectivity index (χ1) is 12.0. The summed E-state index contributed by atoms with van der Waals surface area (Å²) in [6.45, 7) is 1.07. The summed E-state index contributed by atoms with van der Waals surface area (Å²) < 4.78 is 26.7. The number of rotatable bonds is 5. The number of nitrogens with zero attached hydrogens (tertiary/aromatic N) is 3. The molecule has 1 saturated carbocycles. The lowest BCUT2D eigenvalue weighted by atomic mass is 10.2. The van der Waals surface area contributed by atoms with Gasteiger partial charge in [0.25, 0.3) is 5.91 Å². The number of nitrogens with one attached hydrogen (secondary N) is 1. The summed E-state index contributed by atoms with van der Waals surface area (Å²) in [6, 6.07) is 6.14. The summed E-state index contributed by atoms with van der Waals surface area (Å²) in [4.78, 5) is 12.6. The molecule has 0 unspecified atom stereocenters. The van der Waals surface area contributed by atoms with Crippen molar-refractivity contribution in [1.82, 2.24) is 14.5 Å². The van der Waals surface area contributed by atoms with Gasteiger partial charge in [0.05, 0.1) is 4.90 Å². The number of anilines is 1. The molecular formula is C16H18N4O3S2. The average molecular weight is 378 g/mol. The predicted molar refractivity (Wildman–Crippen MR) is 94.3 cm³/mol. The van der Waals surface area contributed by atoms with E-state index in [1.165, 1.54) is 27.8 Å². The molecule has 1 aliphatic heterocycles. The van der Waals surface area contributed by atoms with Crippen LogP contribution in [-0.2, 0) is 10.0 Å². The fourth-order valence-corrected chi connectivity index (χ4v) is 5.30. The molecule has 1 aliphatic carbocycles. The maximum absolute atomic E-state index is 12.6. The second kappa shape index (κ2) is 6.47. The van der Waals surface area contributed by atoms with E-state index in [9.17, 15) is 13.2 Å². The minimum Gasteiger partial charge on any atom is -0.296 e. The van der Waals surface area contributed by atoms with Crippen LogP contribution < -0.4 is 5.32 Å². The molecule has 1 aromatic heterocycles. The van der Waals surface area contributed by atoms with Crippen molar-refractivity contribution in [2.45, 2.75) is 36.5 Å². The minimum absolute atomic E-state index is 0.151. The van der Waals surface area contributed by atoms with Gasteiger partial charge in [0.1, 0.15) is 5.01 Å². The van der Waals surface area contributed by atoms with E-state index in [0.717, 1.165) is 30.7 Å². The standard InChI is InChI=1S/C16H18N4O3S2/c21-14(17-16-19-18-15(24-16)11-6-7-11)12-4-3-5-13(10-12)25(22,23)20-8-1-2-9-20/h3-5,10-11H,1-2,6-9H2,(H,17,19,21). The summed E-state index contributed by atoms with van der Waals surface area (Å²) in [5, 5.41) is 12.2. The topological polar surface area (TPSA) is 92.3 Å². The molecule has 0 radical (unpaired) electrons. The Bertz CT molecular complexity index is 900. The molecule has 2 aliphatic rings. The Morgan fingerprint density at radius 1 is 1.20 bits per heavy atom. The molecule has 2 aromatic rings. The van der Waals surface area contributed by atoms with E-state index in [2.05, 4.69) is 15.5 Å². The number of carbonyl (C=O) groups excluding carboxylic acids is 1. The maximum Gasteiger partial charge on any atom is 0.257 e. The van der Waals surface area contributed by atoms with E-state index in [1.807, 2.05) is 0 Å². The van der Waals surface area contributed by atoms with Crippen LogP contribution in [0.4, 0.5) is 5.13 Å². The van der Waals surface area contributed by atoms with Crippen molar-refractivity contribution in [1.29, 1.82) is 0 Å². The molecule has 0 atom stereocenters. The van der Waals surface area contributed by atoms with Gasteiger partial charge in [-0.3, -0.25) is 10.1 Å². The lowest BCUT2D eigenvalue weighted by Gasteiger charge is -2.15. The van der Waals surface area contributed by atoms with Crippen LogP contribution in [0.25, 0.3) is 0 Å². The molecule has 0 bridgehead atoms. The first-order valence-corrected chi connectivity index (χ1v) is 10.5. The second-order valence-electron chi connectivity index (χ2n) is 6.31. The molecule has 1 N–H and O–H groups in total. The van der Waals surface area contributed by atoms with E-state index < -0.39 is 10.0 Å². The molecule has 9 heteroatoms. The lowest BCUT2D eigenvalue weighted by molar-refractivity contribution is 0.102. The van der Waals surface area contributed by atoms with Crippen LogP contribution in [0.1, 0.15) is 47.0 Å². The Hall–Kier alpha value is -1.84. The SMILES string of the molecule is O=C(Nc1nnc(C2CC2)s1)c1cccc(S(=O)(=O)N2CCCC2)c1. The van der Waals surface area contributed by atoms with E-state index in [-0.39, 0.29) is 10.8 Å². The first kappa shape index (κ1) is 16.6. The molecule has 1 saturated heterocycles. The summed E-state index contributed by atoms with van der Waals surface area (Å²) >= 11 is 1.38. The van der Waals surface area contributed by atoms with E-state index in [4.69, 9.17) is 0 Å². The Balaban J connectivity index is 1.52. The molecule has 0 spiro atoms. The van der Waals surface area contributed by atoms with Crippen molar-refractivity contribution >= 4 is 32.4 Å². The summed E-state index contributed by atoms with van der Waals surface area (Å²) in [5.41, 5.74) is 0.295. The van der Waals surface area contributed by atoms with Crippen LogP contribution in [0, 0.1) is 0 Å². The van der Waals surface area contributed by atoms with Gasteiger partial charge < -0.3 is 0 Å². The number of benzene rings is 1. The van der Waals surface area contributed by atoms with Crippen LogP contribution >= 0.6 is 11.3 Å². The van der Waals surface area contributed by atoms with Crippen LogP contribution in [0.3, 0.4) is 0 Å². The van der Waals surface area contributed by atoms with E-state index in [1.54, 1.807) is 12.1 Å². The number of carbonyl (C=O) groups is 1. The van der Waals surface area contributed by atoms with Gasteiger partial charge in [-0.2, -0.15) is 4.31 Å². The second-order valence-corrected chi connectivity index (χ2v) is 9.26. The van der Waals surface area contributed by atoms with Crippen molar-refractivity contribution in [2.24, 2.45) is 0 Å². The van der Waals surface area contributed by atoms with Crippen molar-refractivity contribution in [2.75, 3.05) is 18.4 Å². The molecule has 132 valence electrons. The highest BCUT2D eigenvalue weighted by atomic mass is 32.2. The molecule has 7 nitrogen and oxygen atoms in total. The third-order valence-electron chi connectivity index (χ3n) is 4.39. The van der Waals surface area contributed by atoms with Crippen molar-refractivity contribution < 1.29 is 13.2 Å². The summed E-state index contributed by atoms with van der Waals surface area (Å²) in [7, 11) is -3.54. The number of aromatic nitrogens is 2. The quantitative estimate of drug-likeness (QED) is 0.863. The fourth-order valence-electron chi connectivity index (χ4n) is 2.82. The first-order valence-electron chi connectivity index (χ1n) is 8.29. The molecule has 1 amide bonds. The number of sulfonamides is 1. The highest BCUT2D eigenvalue weighted by Gasteiger charge is 2.29. The zero-order chi connectivity index (χ0) is 17.4. The smallest absolute Gasteiger partial charge is 0.257 e. The van der Waals surface area contributed by atoms with E-state index >= 15 is 0 Å². The monoisotopic (exact) mass is 378 g/mol. The predicted octanol–water partition coefficient (Wildman–Crippen LogP) is 2.45. The number of hydrogen-bond acceptors (Lipinski definition) is 6. The zero-order valence-electron chi connectivity index (χ0n) is 13.5. The highest BCUT2D eigenvalue weighted by Crippen LogP contribution is 2.42. The minimum atomic E-state index is -3.54. The largest absolute Gasteiger partial charge is 0.296 e. The van der Waals surface area contributed by atoms with Gasteiger partial charge >= 0.3 is 0 Å². The molecule has 2 fully saturated rings. The van der Waals surface area contributed by atoms with Gasteiger partial charge in [0, 0.05) is 24.6 Å². The Morgan fingerprint density at radius 3 is 2.68 bits per heavy atom. The van der Waals surface area contributed by atoms with Gasteiger partial charge in [-0.25, -0.2) is 8.42 Å². The maximum atomic E-state index is 12.6. The van der Waals surface area contributed by atoms with Gasteiger partial charge in [0.15, 0.2) is 0 Å². The van der Waals surface area contributed by atoms with Gasteiger partial charge in [-0.15, -0.1) is 10.2 Å². The van der Waals surface area contributed by atoms with E-state index in [0.29, 0.717) is 29.7 Å². The Labute approximate surface area is 150 Å². The van der Waals surface area contributed by atoms with Crippen molar-refractivity contribution in [3.63, 3.8) is 0 Å². The fraction of sp³-hybridized carbons (Fsp3) is 0.438. The number of amides is 1. The van der Waals surface area contributed by atoms with Crippen LogP contribution in [0.2, 0.25) is 0 Å². The summed E-state index contributed by atoms with van der Waals surface area (Å²) in [5.74, 6) is 0.106. The molecule has 1 aromatic carbocycles. The molecular weight excluding hydrogens is 360 g/mol. The van der Waals surface area contributed by atoms with Crippen molar-refractivity contribution in [3.8, 4) is 0 Å². The Morgan fingerprint density at radius 2 is 1.96 bits per heavy atom. The van der Waals surface area contributed by atoms with Crippen LogP contribution in [0.5, 0.6) is 0 Å². The third kappa shape index (κ3) is 3.44. The Kier molecular flexibility index (Phi) is 4.30. The molecule has 4 rings (SSSR count). The normalized spacial score (nSPS) is 18.4. The van der Waals surface area contributed by atoms with Gasteiger partial charge in [-0.1, -0.05) is 17.4 Å². The lowest BCUT2D eigenvalue weighted by Crippen LogP contribution is -2.28. The summed E-state index contributed by atoms with van der Waals surface area (Å²) in [6.07, 6.45) is 4.00. The van der Waals surface area contributed by atoms with Crippen molar-refractivity contribution in [3.05, 3.63) is 34.8 Å². The van der Waals surface area contributed by atoms with Crippen LogP contribution in [0.15, 0.2) is 29.2 Å². The highest BCUT2D eigenvalue weighted by molar-refractivity contribution is 7.89. The average Bonchev–Trinajstić information content (AvgIpc) is 3.11. The molecule has 2 heterocycles. The van der Waals surface area contributed by atoms with Gasteiger partial charge in [0.2, 0.25) is 15.2 Å². The number of hydrogen-bond donors (Lipinski definition) is 1. The van der Waals surface area contributed by atoms with Crippen LogP contribution in [-0.4, -0.2) is 41.9 Å².